The molecule has 0 aromatic carbocycles. The lowest BCUT2D eigenvalue weighted by atomic mass is 10.1. The molecule has 1 aliphatic carbocycles. The Morgan fingerprint density at radius 3 is 2.78 bits per heavy atom. The summed E-state index contributed by atoms with van der Waals surface area (Å²) in [5, 5.41) is 20.9. The Bertz CT molecular complexity index is 659. The summed E-state index contributed by atoms with van der Waals surface area (Å²) in [5.41, 5.74) is -0.0427. The van der Waals surface area contributed by atoms with Gasteiger partial charge >= 0.3 is 6.09 Å². The van der Waals surface area contributed by atoms with E-state index in [0.29, 0.717) is 18.2 Å². The summed E-state index contributed by atoms with van der Waals surface area (Å²) in [6, 6.07) is 4.03. The Morgan fingerprint density at radius 2 is 2.17 bits per heavy atom. The zero-order valence-electron chi connectivity index (χ0n) is 13.7. The van der Waals surface area contributed by atoms with Crippen LogP contribution in [0.5, 0.6) is 0 Å². The van der Waals surface area contributed by atoms with Crippen molar-refractivity contribution in [1.29, 1.82) is 10.5 Å². The van der Waals surface area contributed by atoms with Crippen molar-refractivity contribution in [3.63, 3.8) is 0 Å². The quantitative estimate of drug-likeness (QED) is 0.921. The lowest BCUT2D eigenvalue weighted by molar-refractivity contribution is 0.0504. The van der Waals surface area contributed by atoms with Gasteiger partial charge in [0.25, 0.3) is 0 Å². The Labute approximate surface area is 135 Å². The molecule has 1 heterocycles. The number of imidazole rings is 1. The minimum Gasteiger partial charge on any atom is -0.444 e. The molecule has 0 bridgehead atoms. The van der Waals surface area contributed by atoms with Gasteiger partial charge < -0.3 is 14.6 Å². The highest BCUT2D eigenvalue weighted by atomic mass is 16.6. The number of carbonyl (C=O) groups is 1. The van der Waals surface area contributed by atoms with Gasteiger partial charge in [0.1, 0.15) is 17.7 Å². The molecule has 1 aromatic heterocycles. The van der Waals surface area contributed by atoms with E-state index < -0.39 is 11.7 Å². The van der Waals surface area contributed by atoms with E-state index in [4.69, 9.17) is 15.3 Å². The molecule has 0 aliphatic heterocycles. The van der Waals surface area contributed by atoms with Crippen molar-refractivity contribution >= 4 is 6.09 Å². The van der Waals surface area contributed by atoms with Gasteiger partial charge in [-0.05, 0) is 46.0 Å². The predicted octanol–water partition coefficient (Wildman–Crippen LogP) is 2.32. The van der Waals surface area contributed by atoms with Crippen LogP contribution in [0.15, 0.2) is 6.33 Å². The number of nitrogens with one attached hydrogen (secondary N) is 1. The van der Waals surface area contributed by atoms with Crippen molar-refractivity contribution in [2.45, 2.75) is 58.2 Å². The minimum absolute atomic E-state index is 0.0827. The van der Waals surface area contributed by atoms with Crippen molar-refractivity contribution in [2.24, 2.45) is 5.92 Å². The number of ether oxygens (including phenoxy) is 1. The van der Waals surface area contributed by atoms with E-state index in [1.165, 1.54) is 6.33 Å². The standard InChI is InChI=1S/C16H21N5O2/c1-16(2,3)23-15(22)20-12-5-4-11(6-12)9-21-10-19-13(7-17)14(21)8-18/h10-12H,4-6,9H2,1-3H3,(H,20,22). The number of nitriles is 2. The van der Waals surface area contributed by atoms with Gasteiger partial charge in [-0.25, -0.2) is 9.78 Å². The monoisotopic (exact) mass is 315 g/mol. The number of hydrogen-bond donors (Lipinski definition) is 1. The number of alkyl carbamates (subject to hydrolysis) is 1. The van der Waals surface area contributed by atoms with Crippen LogP contribution < -0.4 is 5.32 Å². The molecule has 7 heteroatoms. The Kier molecular flexibility index (Phi) is 4.90. The normalized spacial score (nSPS) is 20.6. The molecule has 0 saturated heterocycles. The molecule has 1 N–H and O–H groups in total. The zero-order valence-corrected chi connectivity index (χ0v) is 13.7. The molecular weight excluding hydrogens is 294 g/mol. The van der Waals surface area contributed by atoms with Crippen LogP contribution in [0.2, 0.25) is 0 Å². The first-order valence-electron chi connectivity index (χ1n) is 7.67. The molecule has 2 unspecified atom stereocenters. The van der Waals surface area contributed by atoms with E-state index in [-0.39, 0.29) is 11.7 Å². The highest BCUT2D eigenvalue weighted by molar-refractivity contribution is 5.68. The van der Waals surface area contributed by atoms with Crippen molar-refractivity contribution < 1.29 is 9.53 Å². The number of carbonyl (C=O) groups excluding carboxylic acids is 1. The lowest BCUT2D eigenvalue weighted by Crippen LogP contribution is -2.38. The van der Waals surface area contributed by atoms with Crippen molar-refractivity contribution in [2.75, 3.05) is 0 Å². The minimum atomic E-state index is -0.506. The second kappa shape index (κ2) is 6.70. The summed E-state index contributed by atoms with van der Waals surface area (Å²) >= 11 is 0. The fraction of sp³-hybridized carbons (Fsp3) is 0.625. The second-order valence-electron chi connectivity index (χ2n) is 6.84. The first kappa shape index (κ1) is 16.8. The third kappa shape index (κ3) is 4.46. The Balaban J connectivity index is 1.89. The first-order valence-corrected chi connectivity index (χ1v) is 7.67. The summed E-state index contributed by atoms with van der Waals surface area (Å²) < 4.78 is 6.98. The SMILES string of the molecule is CC(C)(C)OC(=O)NC1CCC(Cn2cnc(C#N)c2C#N)C1. The van der Waals surface area contributed by atoms with Gasteiger partial charge in [-0.1, -0.05) is 0 Å². The number of rotatable bonds is 3. The summed E-state index contributed by atoms with van der Waals surface area (Å²) in [6.07, 6.45) is 3.79. The molecule has 2 atom stereocenters. The average Bonchev–Trinajstić information content (AvgIpc) is 3.03. The summed E-state index contributed by atoms with van der Waals surface area (Å²) in [7, 11) is 0. The fourth-order valence-corrected chi connectivity index (χ4v) is 2.84. The van der Waals surface area contributed by atoms with E-state index >= 15 is 0 Å². The molecule has 2 rings (SSSR count). The largest absolute Gasteiger partial charge is 0.444 e. The number of hydrogen-bond acceptors (Lipinski definition) is 5. The summed E-state index contributed by atoms with van der Waals surface area (Å²) in [6.45, 7) is 6.13. The van der Waals surface area contributed by atoms with Gasteiger partial charge in [0.15, 0.2) is 11.4 Å². The highest BCUT2D eigenvalue weighted by Crippen LogP contribution is 2.28. The molecule has 0 spiro atoms. The summed E-state index contributed by atoms with van der Waals surface area (Å²) in [4.78, 5) is 15.7. The van der Waals surface area contributed by atoms with Gasteiger partial charge in [0.05, 0.1) is 6.33 Å². The molecule has 1 aromatic rings. The van der Waals surface area contributed by atoms with Gasteiger partial charge in [-0.15, -0.1) is 0 Å². The molecule has 1 aliphatic rings. The Morgan fingerprint density at radius 1 is 1.43 bits per heavy atom. The third-order valence-corrected chi connectivity index (χ3v) is 3.77. The lowest BCUT2D eigenvalue weighted by Gasteiger charge is -2.21. The van der Waals surface area contributed by atoms with Crippen molar-refractivity contribution in [3.05, 3.63) is 17.7 Å². The van der Waals surface area contributed by atoms with E-state index in [1.54, 1.807) is 4.57 Å². The maximum atomic E-state index is 11.8. The van der Waals surface area contributed by atoms with Crippen LogP contribution in [0.25, 0.3) is 0 Å². The molecular formula is C16H21N5O2. The topological polar surface area (TPSA) is 104 Å². The van der Waals surface area contributed by atoms with Crippen LogP contribution in [0.3, 0.4) is 0 Å². The maximum absolute atomic E-state index is 11.8. The number of nitrogens with zero attached hydrogens (tertiary/aromatic N) is 4. The zero-order chi connectivity index (χ0) is 17.0. The number of aromatic nitrogens is 2. The van der Waals surface area contributed by atoms with Crippen LogP contribution >= 0.6 is 0 Å². The van der Waals surface area contributed by atoms with Gasteiger partial charge in [-0.2, -0.15) is 10.5 Å². The first-order chi connectivity index (χ1) is 10.8. The molecule has 23 heavy (non-hydrogen) atoms. The maximum Gasteiger partial charge on any atom is 0.407 e. The van der Waals surface area contributed by atoms with Crippen LogP contribution in [-0.4, -0.2) is 27.3 Å². The van der Waals surface area contributed by atoms with Gasteiger partial charge in [0.2, 0.25) is 0 Å². The molecule has 122 valence electrons. The second-order valence-corrected chi connectivity index (χ2v) is 6.84. The van der Waals surface area contributed by atoms with E-state index in [9.17, 15) is 4.79 Å². The van der Waals surface area contributed by atoms with Crippen molar-refractivity contribution in [3.8, 4) is 12.1 Å². The van der Waals surface area contributed by atoms with Gasteiger partial charge in [-0.3, -0.25) is 0 Å². The van der Waals surface area contributed by atoms with Crippen molar-refractivity contribution in [1.82, 2.24) is 14.9 Å². The summed E-state index contributed by atoms with van der Waals surface area (Å²) in [5.74, 6) is 0.336. The van der Waals surface area contributed by atoms with Crippen LogP contribution in [0.1, 0.15) is 51.4 Å². The number of amides is 1. The third-order valence-electron chi connectivity index (χ3n) is 3.77. The van der Waals surface area contributed by atoms with Crippen LogP contribution in [0, 0.1) is 28.6 Å². The van der Waals surface area contributed by atoms with Gasteiger partial charge in [0, 0.05) is 12.6 Å². The molecule has 1 amide bonds. The molecule has 0 radical (unpaired) electrons. The van der Waals surface area contributed by atoms with Crippen LogP contribution in [-0.2, 0) is 11.3 Å². The molecule has 1 saturated carbocycles. The Hall–Kier alpha value is -2.54. The highest BCUT2D eigenvalue weighted by Gasteiger charge is 2.28. The van der Waals surface area contributed by atoms with Crippen LogP contribution in [0.4, 0.5) is 4.79 Å². The van der Waals surface area contributed by atoms with E-state index in [2.05, 4.69) is 10.3 Å². The molecule has 7 nitrogen and oxygen atoms in total. The average molecular weight is 315 g/mol. The fourth-order valence-electron chi connectivity index (χ4n) is 2.84. The van der Waals surface area contributed by atoms with E-state index in [0.717, 1.165) is 19.3 Å². The van der Waals surface area contributed by atoms with E-state index in [1.807, 2.05) is 32.9 Å². The smallest absolute Gasteiger partial charge is 0.407 e. The predicted molar refractivity (Wildman–Crippen MR) is 82.2 cm³/mol. The molecule has 1 fully saturated rings.